The summed E-state index contributed by atoms with van der Waals surface area (Å²) in [7, 11) is 0. The summed E-state index contributed by atoms with van der Waals surface area (Å²) in [4.78, 5) is 4.50. The number of rotatable bonds is 7. The van der Waals surface area contributed by atoms with Gasteiger partial charge in [0.05, 0.1) is 13.1 Å². The van der Waals surface area contributed by atoms with Crippen LogP contribution in [0, 0.1) is 5.82 Å². The van der Waals surface area contributed by atoms with Gasteiger partial charge in [0.15, 0.2) is 17.5 Å². The van der Waals surface area contributed by atoms with Crippen molar-refractivity contribution in [1.29, 1.82) is 0 Å². The number of hydrogen-bond acceptors (Lipinski definition) is 3. The molecule has 0 aliphatic heterocycles. The molecule has 0 radical (unpaired) electrons. The third-order valence-electron chi connectivity index (χ3n) is 4.23. The molecule has 0 aliphatic rings. The standard InChI is InChI=1S/C21H24FN5O.HI/c1-2-23-21(24-13-16-8-9-20(28)19(22)12-16)25-14-17-6-3-4-7-18(17)15-27-11-5-10-26-27;/h3-12,28H,2,13-15H2,1H3,(H2,23,24,25);1H. The Balaban J connectivity index is 0.00000300. The molecule has 2 aromatic carbocycles. The second-order valence-electron chi connectivity index (χ2n) is 6.31. The summed E-state index contributed by atoms with van der Waals surface area (Å²) in [6, 6.07) is 14.4. The number of nitrogens with zero attached hydrogens (tertiary/aromatic N) is 3. The molecule has 0 amide bonds. The molecule has 0 saturated heterocycles. The quantitative estimate of drug-likeness (QED) is 0.258. The molecule has 8 heteroatoms. The zero-order valence-electron chi connectivity index (χ0n) is 16.2. The largest absolute Gasteiger partial charge is 0.505 e. The van der Waals surface area contributed by atoms with Gasteiger partial charge in [0.1, 0.15) is 0 Å². The molecular formula is C21H25FIN5O. The van der Waals surface area contributed by atoms with Crippen molar-refractivity contribution in [2.75, 3.05) is 6.54 Å². The van der Waals surface area contributed by atoms with Gasteiger partial charge in [-0.25, -0.2) is 9.38 Å². The highest BCUT2D eigenvalue weighted by molar-refractivity contribution is 14.0. The lowest BCUT2D eigenvalue weighted by molar-refractivity contribution is 0.432. The van der Waals surface area contributed by atoms with E-state index in [1.54, 1.807) is 12.3 Å². The third kappa shape index (κ3) is 6.74. The minimum Gasteiger partial charge on any atom is -0.505 e. The van der Waals surface area contributed by atoms with Crippen molar-refractivity contribution in [3.8, 4) is 5.75 Å². The average Bonchev–Trinajstić information content (AvgIpc) is 3.21. The number of aliphatic imine (C=N–C) groups is 1. The highest BCUT2D eigenvalue weighted by Crippen LogP contribution is 2.16. The van der Waals surface area contributed by atoms with E-state index in [-0.39, 0.29) is 29.7 Å². The van der Waals surface area contributed by atoms with E-state index in [9.17, 15) is 9.50 Å². The highest BCUT2D eigenvalue weighted by Gasteiger charge is 2.06. The smallest absolute Gasteiger partial charge is 0.191 e. The lowest BCUT2D eigenvalue weighted by Gasteiger charge is -2.14. The van der Waals surface area contributed by atoms with Crippen LogP contribution >= 0.6 is 24.0 Å². The number of hydrogen-bond donors (Lipinski definition) is 3. The Bertz CT molecular complexity index is 931. The van der Waals surface area contributed by atoms with Gasteiger partial charge >= 0.3 is 0 Å². The van der Waals surface area contributed by atoms with Crippen molar-refractivity contribution < 1.29 is 9.50 Å². The summed E-state index contributed by atoms with van der Waals surface area (Å²) in [6.45, 7) is 4.31. The second-order valence-corrected chi connectivity index (χ2v) is 6.31. The van der Waals surface area contributed by atoms with Crippen LogP contribution in [-0.2, 0) is 19.6 Å². The van der Waals surface area contributed by atoms with E-state index < -0.39 is 5.82 Å². The third-order valence-corrected chi connectivity index (χ3v) is 4.23. The number of aromatic hydroxyl groups is 1. The summed E-state index contributed by atoms with van der Waals surface area (Å²) in [5.74, 6) is -0.352. The van der Waals surface area contributed by atoms with Crippen LogP contribution in [0.25, 0.3) is 0 Å². The Morgan fingerprint density at radius 2 is 1.93 bits per heavy atom. The second kappa shape index (κ2) is 11.4. The Hall–Kier alpha value is -2.62. The molecule has 0 atom stereocenters. The van der Waals surface area contributed by atoms with Gasteiger partial charge in [0, 0.05) is 25.5 Å². The molecule has 0 saturated carbocycles. The van der Waals surface area contributed by atoms with E-state index in [0.29, 0.717) is 37.7 Å². The normalized spacial score (nSPS) is 11.0. The van der Waals surface area contributed by atoms with Gasteiger partial charge in [-0.1, -0.05) is 30.3 Å². The van der Waals surface area contributed by atoms with Gasteiger partial charge in [-0.2, -0.15) is 5.10 Å². The van der Waals surface area contributed by atoms with Gasteiger partial charge in [-0.15, -0.1) is 24.0 Å². The molecule has 0 bridgehead atoms. The van der Waals surface area contributed by atoms with E-state index in [0.717, 1.165) is 5.56 Å². The fraction of sp³-hybridized carbons (Fsp3) is 0.238. The van der Waals surface area contributed by atoms with Crippen LogP contribution in [0.15, 0.2) is 65.9 Å². The molecule has 0 fully saturated rings. The number of guanidine groups is 1. The van der Waals surface area contributed by atoms with Crippen LogP contribution in [0.5, 0.6) is 5.75 Å². The topological polar surface area (TPSA) is 74.5 Å². The molecule has 1 heterocycles. The van der Waals surface area contributed by atoms with Crippen LogP contribution < -0.4 is 10.6 Å². The highest BCUT2D eigenvalue weighted by atomic mass is 127. The van der Waals surface area contributed by atoms with Gasteiger partial charge in [0.2, 0.25) is 0 Å². The van der Waals surface area contributed by atoms with E-state index in [1.165, 1.54) is 17.7 Å². The minimum absolute atomic E-state index is 0. The Labute approximate surface area is 186 Å². The average molecular weight is 509 g/mol. The summed E-state index contributed by atoms with van der Waals surface area (Å²) in [5, 5.41) is 20.1. The first kappa shape index (κ1) is 22.7. The molecule has 29 heavy (non-hydrogen) atoms. The van der Waals surface area contributed by atoms with E-state index in [2.05, 4.69) is 32.9 Å². The minimum atomic E-state index is -0.641. The van der Waals surface area contributed by atoms with Crippen molar-refractivity contribution in [3.63, 3.8) is 0 Å². The molecule has 0 unspecified atom stereocenters. The zero-order chi connectivity index (χ0) is 19.8. The van der Waals surface area contributed by atoms with Crippen molar-refractivity contribution >= 4 is 29.9 Å². The van der Waals surface area contributed by atoms with Gasteiger partial charge < -0.3 is 15.7 Å². The number of phenolic OH excluding ortho intramolecular Hbond substituents is 1. The van der Waals surface area contributed by atoms with Crippen LogP contribution in [0.2, 0.25) is 0 Å². The van der Waals surface area contributed by atoms with Gasteiger partial charge in [0.25, 0.3) is 0 Å². The number of halogens is 2. The van der Waals surface area contributed by atoms with Crippen molar-refractivity contribution in [2.45, 2.75) is 26.6 Å². The number of benzene rings is 2. The number of nitrogens with one attached hydrogen (secondary N) is 2. The lowest BCUT2D eigenvalue weighted by Crippen LogP contribution is -2.37. The molecular weight excluding hydrogens is 484 g/mol. The SMILES string of the molecule is CCNC(=NCc1ccc(O)c(F)c1)NCc1ccccc1Cn1cccn1.I. The number of phenols is 1. The maximum Gasteiger partial charge on any atom is 0.191 e. The first-order valence-corrected chi connectivity index (χ1v) is 9.19. The maximum absolute atomic E-state index is 13.5. The Kier molecular flexibility index (Phi) is 8.91. The van der Waals surface area contributed by atoms with Crippen LogP contribution in [-0.4, -0.2) is 27.4 Å². The molecule has 0 spiro atoms. The van der Waals surface area contributed by atoms with Crippen molar-refractivity contribution in [1.82, 2.24) is 20.4 Å². The predicted octanol–water partition coefficient (Wildman–Crippen LogP) is 3.65. The Morgan fingerprint density at radius 1 is 1.14 bits per heavy atom. The van der Waals surface area contributed by atoms with E-state index in [1.807, 2.05) is 36.0 Å². The maximum atomic E-state index is 13.5. The van der Waals surface area contributed by atoms with Crippen LogP contribution in [0.4, 0.5) is 4.39 Å². The van der Waals surface area contributed by atoms with E-state index in [4.69, 9.17) is 0 Å². The summed E-state index contributed by atoms with van der Waals surface area (Å²) in [5.41, 5.74) is 3.01. The molecule has 3 aromatic rings. The fourth-order valence-corrected chi connectivity index (χ4v) is 2.79. The molecule has 1 aromatic heterocycles. The van der Waals surface area contributed by atoms with Crippen LogP contribution in [0.3, 0.4) is 0 Å². The molecule has 154 valence electrons. The molecule has 3 N–H and O–H groups in total. The first-order valence-electron chi connectivity index (χ1n) is 9.19. The van der Waals surface area contributed by atoms with Gasteiger partial charge in [-0.05, 0) is 41.8 Å². The lowest BCUT2D eigenvalue weighted by atomic mass is 10.1. The summed E-state index contributed by atoms with van der Waals surface area (Å²) >= 11 is 0. The molecule has 6 nitrogen and oxygen atoms in total. The van der Waals surface area contributed by atoms with E-state index >= 15 is 0 Å². The fourth-order valence-electron chi connectivity index (χ4n) is 2.79. The summed E-state index contributed by atoms with van der Waals surface area (Å²) in [6.07, 6.45) is 3.70. The molecule has 3 rings (SSSR count). The first-order chi connectivity index (χ1) is 13.7. The summed E-state index contributed by atoms with van der Waals surface area (Å²) < 4.78 is 15.4. The monoisotopic (exact) mass is 509 g/mol. The molecule has 0 aliphatic carbocycles. The van der Waals surface area contributed by atoms with Crippen molar-refractivity contribution in [2.24, 2.45) is 4.99 Å². The van der Waals surface area contributed by atoms with Crippen molar-refractivity contribution in [3.05, 3.63) is 83.4 Å². The number of aromatic nitrogens is 2. The zero-order valence-corrected chi connectivity index (χ0v) is 18.5. The van der Waals surface area contributed by atoms with Gasteiger partial charge in [-0.3, -0.25) is 4.68 Å². The predicted molar refractivity (Wildman–Crippen MR) is 123 cm³/mol. The van der Waals surface area contributed by atoms with Crippen LogP contribution in [0.1, 0.15) is 23.6 Å². The Morgan fingerprint density at radius 3 is 2.62 bits per heavy atom.